The van der Waals surface area contributed by atoms with E-state index in [1.807, 2.05) is 24.3 Å². The van der Waals surface area contributed by atoms with E-state index in [1.165, 1.54) is 17.8 Å². The number of hydrogen-bond acceptors (Lipinski definition) is 4. The first kappa shape index (κ1) is 15.2. The molecule has 22 heavy (non-hydrogen) atoms. The van der Waals surface area contributed by atoms with E-state index in [1.54, 1.807) is 0 Å². The molecular formula is C15H9BrF2N2OS. The number of thioether (sulfide) groups is 1. The van der Waals surface area contributed by atoms with Crippen LogP contribution in [0.3, 0.4) is 0 Å². The smallest absolute Gasteiger partial charge is 0.248 e. The standard InChI is InChI=1S/C15H9BrF2N2OS/c16-11-4-2-1-3-10(11)15-20-19-14(21-15)8-22-9-5-6-12(17)13(18)7-9/h1-7H,8H2. The van der Waals surface area contributed by atoms with Gasteiger partial charge < -0.3 is 4.42 Å². The molecule has 1 heterocycles. The summed E-state index contributed by atoms with van der Waals surface area (Å²) in [5, 5.41) is 7.96. The van der Waals surface area contributed by atoms with Crippen molar-refractivity contribution in [2.75, 3.05) is 0 Å². The Labute approximate surface area is 137 Å². The average Bonchev–Trinajstić information content (AvgIpc) is 2.98. The number of nitrogens with zero attached hydrogens (tertiary/aromatic N) is 2. The van der Waals surface area contributed by atoms with Gasteiger partial charge >= 0.3 is 0 Å². The monoisotopic (exact) mass is 382 g/mol. The second-order valence-corrected chi connectivity index (χ2v) is 6.25. The minimum Gasteiger partial charge on any atom is -0.420 e. The summed E-state index contributed by atoms with van der Waals surface area (Å²) in [6.45, 7) is 0. The average molecular weight is 383 g/mol. The molecule has 0 saturated heterocycles. The summed E-state index contributed by atoms with van der Waals surface area (Å²) in [6.07, 6.45) is 0. The molecule has 3 aromatic rings. The highest BCUT2D eigenvalue weighted by atomic mass is 79.9. The van der Waals surface area contributed by atoms with E-state index in [9.17, 15) is 8.78 Å². The highest BCUT2D eigenvalue weighted by molar-refractivity contribution is 9.10. The minimum absolute atomic E-state index is 0.378. The molecule has 0 radical (unpaired) electrons. The van der Waals surface area contributed by atoms with Gasteiger partial charge in [0.15, 0.2) is 11.6 Å². The zero-order chi connectivity index (χ0) is 15.5. The van der Waals surface area contributed by atoms with Crippen molar-refractivity contribution in [3.8, 4) is 11.5 Å². The molecule has 3 rings (SSSR count). The predicted octanol–water partition coefficient (Wildman–Crippen LogP) is 5.07. The molecule has 1 aromatic heterocycles. The fourth-order valence-electron chi connectivity index (χ4n) is 1.77. The molecule has 0 atom stereocenters. The van der Waals surface area contributed by atoms with Gasteiger partial charge in [0.05, 0.1) is 11.3 Å². The van der Waals surface area contributed by atoms with E-state index in [2.05, 4.69) is 26.1 Å². The quantitative estimate of drug-likeness (QED) is 0.590. The molecule has 112 valence electrons. The summed E-state index contributed by atoms with van der Waals surface area (Å²) in [5.41, 5.74) is 0.805. The van der Waals surface area contributed by atoms with Crippen molar-refractivity contribution in [2.45, 2.75) is 10.6 Å². The Bertz CT molecular complexity index is 810. The van der Waals surface area contributed by atoms with Gasteiger partial charge in [-0.25, -0.2) is 8.78 Å². The molecular weight excluding hydrogens is 374 g/mol. The molecule has 0 saturated carbocycles. The molecule has 7 heteroatoms. The van der Waals surface area contributed by atoms with E-state index in [0.717, 1.165) is 22.2 Å². The van der Waals surface area contributed by atoms with Crippen LogP contribution in [0.25, 0.3) is 11.5 Å². The lowest BCUT2D eigenvalue weighted by molar-refractivity contribution is 0.505. The summed E-state index contributed by atoms with van der Waals surface area (Å²) in [6, 6.07) is 11.3. The first-order valence-corrected chi connectivity index (χ1v) is 8.06. The number of halogens is 3. The lowest BCUT2D eigenvalue weighted by Crippen LogP contribution is -1.85. The molecule has 0 bridgehead atoms. The predicted molar refractivity (Wildman–Crippen MR) is 83.4 cm³/mol. The van der Waals surface area contributed by atoms with Crippen molar-refractivity contribution < 1.29 is 13.2 Å². The van der Waals surface area contributed by atoms with Gasteiger partial charge in [0, 0.05) is 9.37 Å². The van der Waals surface area contributed by atoms with Crippen LogP contribution in [0.2, 0.25) is 0 Å². The number of aromatic nitrogens is 2. The van der Waals surface area contributed by atoms with Crippen LogP contribution < -0.4 is 0 Å². The van der Waals surface area contributed by atoms with Crippen molar-refractivity contribution in [3.05, 3.63) is 64.5 Å². The summed E-state index contributed by atoms with van der Waals surface area (Å²) >= 11 is 4.72. The fraction of sp³-hybridized carbons (Fsp3) is 0.0667. The largest absolute Gasteiger partial charge is 0.420 e. The maximum Gasteiger partial charge on any atom is 0.248 e. The third-order valence-corrected chi connectivity index (χ3v) is 4.49. The Morgan fingerprint density at radius 2 is 1.86 bits per heavy atom. The van der Waals surface area contributed by atoms with Crippen LogP contribution >= 0.6 is 27.7 Å². The Balaban J connectivity index is 1.72. The lowest BCUT2D eigenvalue weighted by atomic mass is 10.2. The number of benzene rings is 2. The molecule has 0 amide bonds. The zero-order valence-corrected chi connectivity index (χ0v) is 13.5. The summed E-state index contributed by atoms with van der Waals surface area (Å²) in [7, 11) is 0. The van der Waals surface area contributed by atoms with Gasteiger partial charge in [0.2, 0.25) is 11.8 Å². The topological polar surface area (TPSA) is 38.9 Å². The maximum absolute atomic E-state index is 13.1. The van der Waals surface area contributed by atoms with E-state index < -0.39 is 11.6 Å². The van der Waals surface area contributed by atoms with Crippen LogP contribution in [0.1, 0.15) is 5.89 Å². The van der Waals surface area contributed by atoms with Gasteiger partial charge in [-0.15, -0.1) is 22.0 Å². The first-order valence-electron chi connectivity index (χ1n) is 6.28. The van der Waals surface area contributed by atoms with Crippen molar-refractivity contribution in [2.24, 2.45) is 0 Å². The highest BCUT2D eigenvalue weighted by Gasteiger charge is 2.12. The molecule has 0 N–H and O–H groups in total. The van der Waals surface area contributed by atoms with Crippen LogP contribution in [0.15, 0.2) is 56.2 Å². The van der Waals surface area contributed by atoms with Gasteiger partial charge in [0.25, 0.3) is 0 Å². The van der Waals surface area contributed by atoms with E-state index in [-0.39, 0.29) is 0 Å². The SMILES string of the molecule is Fc1ccc(SCc2nnc(-c3ccccc3Br)o2)cc1F. The van der Waals surface area contributed by atoms with Crippen LogP contribution in [0.5, 0.6) is 0 Å². The second-order valence-electron chi connectivity index (χ2n) is 4.35. The normalized spacial score (nSPS) is 10.9. The maximum atomic E-state index is 13.1. The van der Waals surface area contributed by atoms with Gasteiger partial charge in [-0.3, -0.25) is 0 Å². The minimum atomic E-state index is -0.871. The summed E-state index contributed by atoms with van der Waals surface area (Å²) < 4.78 is 32.4. The molecule has 0 aliphatic rings. The molecule has 0 spiro atoms. The van der Waals surface area contributed by atoms with Crippen LogP contribution in [0, 0.1) is 11.6 Å². The molecule has 3 nitrogen and oxygen atoms in total. The Hall–Kier alpha value is -1.73. The van der Waals surface area contributed by atoms with Crippen LogP contribution in [-0.4, -0.2) is 10.2 Å². The van der Waals surface area contributed by atoms with Crippen molar-refractivity contribution in [3.63, 3.8) is 0 Å². The van der Waals surface area contributed by atoms with Gasteiger partial charge in [-0.1, -0.05) is 12.1 Å². The summed E-state index contributed by atoms with van der Waals surface area (Å²) in [5.74, 6) is -0.528. The molecule has 0 aliphatic carbocycles. The zero-order valence-electron chi connectivity index (χ0n) is 11.1. The van der Waals surface area contributed by atoms with Crippen molar-refractivity contribution in [1.82, 2.24) is 10.2 Å². The molecule has 0 unspecified atom stereocenters. The number of hydrogen-bond donors (Lipinski definition) is 0. The lowest BCUT2D eigenvalue weighted by Gasteiger charge is -2.00. The van der Waals surface area contributed by atoms with Crippen molar-refractivity contribution in [1.29, 1.82) is 0 Å². The molecule has 0 fully saturated rings. The van der Waals surface area contributed by atoms with E-state index in [4.69, 9.17) is 4.42 Å². The third-order valence-electron chi connectivity index (χ3n) is 2.82. The van der Waals surface area contributed by atoms with Gasteiger partial charge in [-0.2, -0.15) is 0 Å². The van der Waals surface area contributed by atoms with E-state index >= 15 is 0 Å². The Morgan fingerprint density at radius 1 is 1.05 bits per heavy atom. The first-order chi connectivity index (χ1) is 10.6. The number of rotatable bonds is 4. The molecule has 2 aromatic carbocycles. The fourth-order valence-corrected chi connectivity index (χ4v) is 2.98. The summed E-state index contributed by atoms with van der Waals surface area (Å²) in [4.78, 5) is 0.597. The third kappa shape index (κ3) is 3.36. The van der Waals surface area contributed by atoms with Crippen molar-refractivity contribution >= 4 is 27.7 Å². The van der Waals surface area contributed by atoms with E-state index in [0.29, 0.717) is 22.4 Å². The van der Waals surface area contributed by atoms with Gasteiger partial charge in [0.1, 0.15) is 0 Å². The van der Waals surface area contributed by atoms with Gasteiger partial charge in [-0.05, 0) is 46.3 Å². The second kappa shape index (κ2) is 6.58. The Kier molecular flexibility index (Phi) is 4.54. The Morgan fingerprint density at radius 3 is 2.64 bits per heavy atom. The van der Waals surface area contributed by atoms with Crippen LogP contribution in [-0.2, 0) is 5.75 Å². The van der Waals surface area contributed by atoms with Crippen LogP contribution in [0.4, 0.5) is 8.78 Å². The highest BCUT2D eigenvalue weighted by Crippen LogP contribution is 2.29. The molecule has 0 aliphatic heterocycles.